The Morgan fingerprint density at radius 1 is 1.48 bits per heavy atom. The van der Waals surface area contributed by atoms with E-state index in [0.29, 0.717) is 16.7 Å². The van der Waals surface area contributed by atoms with Crippen molar-refractivity contribution in [2.24, 2.45) is 5.73 Å². The molecule has 1 fully saturated rings. The first-order valence-electron chi connectivity index (χ1n) is 7.46. The van der Waals surface area contributed by atoms with Gasteiger partial charge in [-0.25, -0.2) is 13.1 Å². The maximum atomic E-state index is 12.6. The molecule has 1 heterocycles. The summed E-state index contributed by atoms with van der Waals surface area (Å²) >= 11 is 1.75. The van der Waals surface area contributed by atoms with Gasteiger partial charge >= 0.3 is 0 Å². The van der Waals surface area contributed by atoms with Crippen molar-refractivity contribution >= 4 is 21.8 Å². The van der Waals surface area contributed by atoms with Crippen molar-refractivity contribution in [3.8, 4) is 0 Å². The lowest BCUT2D eigenvalue weighted by molar-refractivity contribution is 0.554. The molecule has 0 radical (unpaired) electrons. The van der Waals surface area contributed by atoms with Crippen LogP contribution in [-0.2, 0) is 23.1 Å². The fraction of sp³-hybridized carbons (Fsp3) is 0.714. The Balaban J connectivity index is 2.19. The number of hydrogen-bond acceptors (Lipinski definition) is 4. The number of sulfonamides is 1. The summed E-state index contributed by atoms with van der Waals surface area (Å²) < 4.78 is 29.9. The zero-order valence-electron chi connectivity index (χ0n) is 12.7. The third-order valence-corrected chi connectivity index (χ3v) is 6.63. The molecule has 0 aromatic carbocycles. The number of nitrogens with one attached hydrogen (secondary N) is 1. The van der Waals surface area contributed by atoms with Crippen molar-refractivity contribution in [2.75, 3.05) is 6.26 Å². The van der Waals surface area contributed by atoms with E-state index in [-0.39, 0.29) is 6.04 Å². The predicted molar refractivity (Wildman–Crippen MR) is 87.9 cm³/mol. The molecule has 2 atom stereocenters. The zero-order chi connectivity index (χ0) is 15.5. The highest BCUT2D eigenvalue weighted by Gasteiger charge is 2.31. The molecule has 21 heavy (non-hydrogen) atoms. The lowest BCUT2D eigenvalue weighted by Gasteiger charge is -2.18. The molecule has 1 saturated carbocycles. The van der Waals surface area contributed by atoms with Crippen LogP contribution in [0.5, 0.6) is 0 Å². The van der Waals surface area contributed by atoms with Crippen LogP contribution in [0, 0.1) is 0 Å². The summed E-state index contributed by atoms with van der Waals surface area (Å²) in [6, 6.07) is 1.74. The molecule has 0 bridgehead atoms. The van der Waals surface area contributed by atoms with E-state index < -0.39 is 10.0 Å². The minimum absolute atomic E-state index is 0.0425. The number of nitrogens with zero attached hydrogens (tertiary/aromatic N) is 1. The van der Waals surface area contributed by atoms with Gasteiger partial charge in [0.05, 0.1) is 4.90 Å². The third kappa shape index (κ3) is 3.83. The summed E-state index contributed by atoms with van der Waals surface area (Å²) in [5, 5.41) is 0.381. The minimum Gasteiger partial charge on any atom is -0.349 e. The molecular weight excluding hydrogens is 306 g/mol. The highest BCUT2D eigenvalue weighted by molar-refractivity contribution is 7.99. The Labute approximate surface area is 131 Å². The Morgan fingerprint density at radius 3 is 2.86 bits per heavy atom. The van der Waals surface area contributed by atoms with E-state index in [0.717, 1.165) is 37.9 Å². The van der Waals surface area contributed by atoms with Gasteiger partial charge < -0.3 is 10.3 Å². The molecule has 1 aromatic heterocycles. The molecule has 1 aliphatic rings. The van der Waals surface area contributed by atoms with Gasteiger partial charge in [-0.2, -0.15) is 11.8 Å². The molecule has 1 aliphatic carbocycles. The standard InChI is InChI=1S/C14H25N3O2S2/c1-3-7-17-10-12(8-11(17)9-15)21(18,19)16-13-5-4-6-14(13)20-2/h8,10,13-14,16H,3-7,9,15H2,1-2H3. The monoisotopic (exact) mass is 331 g/mol. The van der Waals surface area contributed by atoms with E-state index in [1.165, 1.54) is 0 Å². The quantitative estimate of drug-likeness (QED) is 0.800. The number of rotatable bonds is 7. The predicted octanol–water partition coefficient (Wildman–Crippen LogP) is 1.92. The van der Waals surface area contributed by atoms with Gasteiger partial charge in [0, 0.05) is 36.3 Å². The lowest BCUT2D eigenvalue weighted by atomic mass is 10.3. The van der Waals surface area contributed by atoms with Crippen LogP contribution < -0.4 is 10.5 Å². The Kier molecular flexibility index (Phi) is 5.76. The fourth-order valence-electron chi connectivity index (χ4n) is 2.90. The van der Waals surface area contributed by atoms with Crippen LogP contribution in [0.2, 0.25) is 0 Å². The smallest absolute Gasteiger partial charge is 0.242 e. The average Bonchev–Trinajstić information content (AvgIpc) is 3.05. The molecule has 3 N–H and O–H groups in total. The van der Waals surface area contributed by atoms with Gasteiger partial charge in [0.1, 0.15) is 0 Å². The van der Waals surface area contributed by atoms with Gasteiger partial charge in [-0.1, -0.05) is 13.3 Å². The van der Waals surface area contributed by atoms with Crippen LogP contribution >= 0.6 is 11.8 Å². The van der Waals surface area contributed by atoms with Gasteiger partial charge in [0.2, 0.25) is 10.0 Å². The fourth-order valence-corrected chi connectivity index (χ4v) is 5.30. The zero-order valence-corrected chi connectivity index (χ0v) is 14.3. The maximum absolute atomic E-state index is 12.6. The molecule has 0 saturated heterocycles. The Bertz CT molecular complexity index is 569. The molecule has 0 amide bonds. The minimum atomic E-state index is -3.46. The molecule has 2 rings (SSSR count). The number of thioether (sulfide) groups is 1. The summed E-state index contributed by atoms with van der Waals surface area (Å²) in [5.74, 6) is 0. The topological polar surface area (TPSA) is 77.1 Å². The summed E-state index contributed by atoms with van der Waals surface area (Å²) in [6.07, 6.45) is 7.79. The third-order valence-electron chi connectivity index (χ3n) is 4.01. The van der Waals surface area contributed by atoms with Crippen LogP contribution in [0.1, 0.15) is 38.3 Å². The molecule has 120 valence electrons. The second-order valence-electron chi connectivity index (χ2n) is 5.50. The first kappa shape index (κ1) is 16.9. The highest BCUT2D eigenvalue weighted by atomic mass is 32.2. The second kappa shape index (κ2) is 7.17. The molecule has 5 nitrogen and oxygen atoms in total. The Morgan fingerprint density at radius 2 is 2.24 bits per heavy atom. The van der Waals surface area contributed by atoms with Crippen molar-refractivity contribution in [1.29, 1.82) is 0 Å². The van der Waals surface area contributed by atoms with E-state index >= 15 is 0 Å². The van der Waals surface area contributed by atoms with Crippen LogP contribution in [0.3, 0.4) is 0 Å². The number of aromatic nitrogens is 1. The summed E-state index contributed by atoms with van der Waals surface area (Å²) in [4.78, 5) is 0.336. The van der Waals surface area contributed by atoms with E-state index in [1.807, 2.05) is 10.8 Å². The lowest BCUT2D eigenvalue weighted by Crippen LogP contribution is -2.38. The van der Waals surface area contributed by atoms with Crippen molar-refractivity contribution in [3.05, 3.63) is 18.0 Å². The van der Waals surface area contributed by atoms with E-state index in [2.05, 4.69) is 11.6 Å². The van der Waals surface area contributed by atoms with Gasteiger partial charge in [-0.05, 0) is 31.6 Å². The molecule has 1 aromatic rings. The van der Waals surface area contributed by atoms with Gasteiger partial charge in [-0.3, -0.25) is 0 Å². The average molecular weight is 332 g/mol. The first-order chi connectivity index (χ1) is 10.0. The van der Waals surface area contributed by atoms with Gasteiger partial charge in [-0.15, -0.1) is 0 Å². The van der Waals surface area contributed by atoms with E-state index in [4.69, 9.17) is 5.73 Å². The normalized spacial score (nSPS) is 22.8. The van der Waals surface area contributed by atoms with Gasteiger partial charge in [0.25, 0.3) is 0 Å². The summed E-state index contributed by atoms with van der Waals surface area (Å²) in [5.41, 5.74) is 6.57. The molecule has 0 aliphatic heterocycles. The number of aryl methyl sites for hydroxylation is 1. The molecule has 0 spiro atoms. The highest BCUT2D eigenvalue weighted by Crippen LogP contribution is 2.29. The number of nitrogens with two attached hydrogens (primary N) is 1. The van der Waals surface area contributed by atoms with E-state index in [1.54, 1.807) is 24.0 Å². The van der Waals surface area contributed by atoms with E-state index in [9.17, 15) is 8.42 Å². The van der Waals surface area contributed by atoms with Crippen molar-refractivity contribution in [3.63, 3.8) is 0 Å². The molecule has 7 heteroatoms. The van der Waals surface area contributed by atoms with Gasteiger partial charge in [0.15, 0.2) is 0 Å². The molecular formula is C14H25N3O2S2. The maximum Gasteiger partial charge on any atom is 0.242 e. The second-order valence-corrected chi connectivity index (χ2v) is 8.29. The summed E-state index contributed by atoms with van der Waals surface area (Å²) in [7, 11) is -3.46. The van der Waals surface area contributed by atoms with Crippen molar-refractivity contribution < 1.29 is 8.42 Å². The van der Waals surface area contributed by atoms with Crippen molar-refractivity contribution in [1.82, 2.24) is 9.29 Å². The largest absolute Gasteiger partial charge is 0.349 e. The SMILES string of the molecule is CCCn1cc(S(=O)(=O)NC2CCCC2SC)cc1CN. The summed E-state index contributed by atoms with van der Waals surface area (Å²) in [6.45, 7) is 3.21. The van der Waals surface area contributed by atoms with Crippen LogP contribution in [0.4, 0.5) is 0 Å². The van der Waals surface area contributed by atoms with Crippen LogP contribution in [0.15, 0.2) is 17.2 Å². The number of hydrogen-bond donors (Lipinski definition) is 2. The Hall–Kier alpha value is -0.500. The van der Waals surface area contributed by atoms with Crippen LogP contribution in [-0.4, -0.2) is 30.5 Å². The first-order valence-corrected chi connectivity index (χ1v) is 10.2. The van der Waals surface area contributed by atoms with Crippen molar-refractivity contribution in [2.45, 2.75) is 61.9 Å². The van der Waals surface area contributed by atoms with Crippen LogP contribution in [0.25, 0.3) is 0 Å². The molecule has 2 unspecified atom stereocenters.